The van der Waals surface area contributed by atoms with E-state index in [4.69, 9.17) is 4.74 Å². The number of ether oxygens (including phenoxy) is 1. The molecule has 7 nitrogen and oxygen atoms in total. The molecule has 2 saturated heterocycles. The molecule has 0 bridgehead atoms. The number of rotatable bonds is 3. The molecule has 0 radical (unpaired) electrons. The molecule has 2 aliphatic heterocycles. The Morgan fingerprint density at radius 2 is 1.86 bits per heavy atom. The maximum atomic E-state index is 12.8. The number of pyridine rings is 1. The average molecular weight is 312 g/mol. The van der Waals surface area contributed by atoms with Crippen molar-refractivity contribution in [2.75, 3.05) is 57.4 Å². The first-order valence-corrected chi connectivity index (χ1v) is 8.61. The minimum absolute atomic E-state index is 0.300. The molecule has 1 aromatic heterocycles. The van der Waals surface area contributed by atoms with Crippen LogP contribution in [0.15, 0.2) is 23.4 Å². The summed E-state index contributed by atoms with van der Waals surface area (Å²) in [7, 11) is -3.51. The Labute approximate surface area is 125 Å². The second-order valence-electron chi connectivity index (χ2n) is 5.10. The molecule has 8 heteroatoms. The van der Waals surface area contributed by atoms with E-state index in [1.165, 1.54) is 10.5 Å². The average Bonchev–Trinajstić information content (AvgIpc) is 2.56. The summed E-state index contributed by atoms with van der Waals surface area (Å²) in [6, 6.07) is 1.79. The molecule has 0 aromatic carbocycles. The Morgan fingerprint density at radius 1 is 1.14 bits per heavy atom. The van der Waals surface area contributed by atoms with Gasteiger partial charge in [-0.05, 0) is 6.07 Å². The third kappa shape index (κ3) is 3.03. The van der Waals surface area contributed by atoms with E-state index in [0.29, 0.717) is 31.2 Å². The van der Waals surface area contributed by atoms with Crippen LogP contribution >= 0.6 is 0 Å². The van der Waals surface area contributed by atoms with Crippen LogP contribution < -0.4 is 10.2 Å². The normalized spacial score (nSPS) is 21.4. The monoisotopic (exact) mass is 312 g/mol. The molecule has 1 aromatic rings. The lowest BCUT2D eigenvalue weighted by molar-refractivity contribution is 0.0730. The maximum Gasteiger partial charge on any atom is 0.246 e. The van der Waals surface area contributed by atoms with Crippen LogP contribution in [-0.4, -0.2) is 70.2 Å². The predicted molar refractivity (Wildman–Crippen MR) is 78.9 cm³/mol. The van der Waals surface area contributed by atoms with Crippen molar-refractivity contribution in [2.24, 2.45) is 0 Å². The van der Waals surface area contributed by atoms with E-state index in [1.807, 2.05) is 0 Å². The van der Waals surface area contributed by atoms with Crippen LogP contribution in [0.5, 0.6) is 0 Å². The maximum absolute atomic E-state index is 12.8. The predicted octanol–water partition coefficient (Wildman–Crippen LogP) is -0.488. The quantitative estimate of drug-likeness (QED) is 0.812. The van der Waals surface area contributed by atoms with E-state index in [9.17, 15) is 8.42 Å². The number of hydrogen-bond donors (Lipinski definition) is 1. The van der Waals surface area contributed by atoms with Gasteiger partial charge in [-0.1, -0.05) is 0 Å². The third-order valence-electron chi connectivity index (χ3n) is 3.81. The molecular weight excluding hydrogens is 292 g/mol. The summed E-state index contributed by atoms with van der Waals surface area (Å²) in [5, 5.41) is 3.27. The Balaban J connectivity index is 1.93. The van der Waals surface area contributed by atoms with Gasteiger partial charge in [-0.15, -0.1) is 0 Å². The number of aromatic nitrogens is 1. The fraction of sp³-hybridized carbons (Fsp3) is 0.615. The van der Waals surface area contributed by atoms with Crippen molar-refractivity contribution in [1.29, 1.82) is 0 Å². The summed E-state index contributed by atoms with van der Waals surface area (Å²) >= 11 is 0. The van der Waals surface area contributed by atoms with Gasteiger partial charge < -0.3 is 15.0 Å². The number of nitrogens with one attached hydrogen (secondary N) is 1. The number of sulfonamides is 1. The Hall–Kier alpha value is -1.22. The lowest BCUT2D eigenvalue weighted by Crippen LogP contribution is -2.45. The minimum atomic E-state index is -3.51. The van der Waals surface area contributed by atoms with Crippen molar-refractivity contribution >= 4 is 15.7 Å². The molecule has 3 heterocycles. The molecule has 3 rings (SSSR count). The first-order chi connectivity index (χ1) is 10.2. The highest BCUT2D eigenvalue weighted by Gasteiger charge is 2.30. The van der Waals surface area contributed by atoms with Gasteiger partial charge in [0.2, 0.25) is 10.0 Å². The Kier molecular flexibility index (Phi) is 4.39. The molecule has 0 atom stereocenters. The van der Waals surface area contributed by atoms with Crippen LogP contribution in [0.3, 0.4) is 0 Å². The van der Waals surface area contributed by atoms with Crippen LogP contribution in [0, 0.1) is 0 Å². The molecule has 2 aliphatic rings. The standard InChI is InChI=1S/C13H20N4O3S/c18-21(19,17-7-9-20-10-8-17)13-11-15-2-1-12(13)16-5-3-14-4-6-16/h1-2,11,14H,3-10H2. The van der Waals surface area contributed by atoms with Gasteiger partial charge in [0.15, 0.2) is 0 Å². The highest BCUT2D eigenvalue weighted by molar-refractivity contribution is 7.89. The largest absolute Gasteiger partial charge is 0.379 e. The van der Waals surface area contributed by atoms with Gasteiger partial charge in [0, 0.05) is 51.7 Å². The number of hydrogen-bond acceptors (Lipinski definition) is 6. The molecule has 0 amide bonds. The fourth-order valence-electron chi connectivity index (χ4n) is 2.66. The van der Waals surface area contributed by atoms with Crippen molar-refractivity contribution in [1.82, 2.24) is 14.6 Å². The van der Waals surface area contributed by atoms with Gasteiger partial charge in [0.1, 0.15) is 4.90 Å². The molecule has 0 unspecified atom stereocenters. The summed E-state index contributed by atoms with van der Waals surface area (Å²) in [6.07, 6.45) is 3.11. The van der Waals surface area contributed by atoms with Crippen LogP contribution in [0.4, 0.5) is 5.69 Å². The van der Waals surface area contributed by atoms with E-state index in [0.717, 1.165) is 31.9 Å². The van der Waals surface area contributed by atoms with Crippen molar-refractivity contribution in [2.45, 2.75) is 4.90 Å². The minimum Gasteiger partial charge on any atom is -0.379 e. The Morgan fingerprint density at radius 3 is 2.57 bits per heavy atom. The number of anilines is 1. The van der Waals surface area contributed by atoms with E-state index >= 15 is 0 Å². The first-order valence-electron chi connectivity index (χ1n) is 7.17. The number of morpholine rings is 1. The van der Waals surface area contributed by atoms with Crippen molar-refractivity contribution in [3.63, 3.8) is 0 Å². The summed E-state index contributed by atoms with van der Waals surface area (Å²) in [4.78, 5) is 6.42. The smallest absolute Gasteiger partial charge is 0.246 e. The van der Waals surface area contributed by atoms with E-state index in [-0.39, 0.29) is 0 Å². The lowest BCUT2D eigenvalue weighted by Gasteiger charge is -2.32. The van der Waals surface area contributed by atoms with Gasteiger partial charge in [0.05, 0.1) is 18.9 Å². The molecule has 0 aliphatic carbocycles. The molecule has 21 heavy (non-hydrogen) atoms. The Bertz CT molecular complexity index is 581. The SMILES string of the molecule is O=S(=O)(c1cnccc1N1CCNCC1)N1CCOCC1. The van der Waals surface area contributed by atoms with Crippen molar-refractivity contribution in [3.8, 4) is 0 Å². The zero-order valence-electron chi connectivity index (χ0n) is 11.9. The van der Waals surface area contributed by atoms with Gasteiger partial charge in [-0.3, -0.25) is 4.98 Å². The summed E-state index contributed by atoms with van der Waals surface area (Å²) in [5.41, 5.74) is 0.748. The second kappa shape index (κ2) is 6.27. The van der Waals surface area contributed by atoms with Crippen LogP contribution in [0.25, 0.3) is 0 Å². The molecule has 1 N–H and O–H groups in total. The second-order valence-corrected chi connectivity index (χ2v) is 7.00. The van der Waals surface area contributed by atoms with Crippen LogP contribution in [0.1, 0.15) is 0 Å². The van der Waals surface area contributed by atoms with Crippen LogP contribution in [0.2, 0.25) is 0 Å². The zero-order valence-corrected chi connectivity index (χ0v) is 12.7. The van der Waals surface area contributed by atoms with Crippen molar-refractivity contribution < 1.29 is 13.2 Å². The summed E-state index contributed by atoms with van der Waals surface area (Å²) < 4.78 is 32.4. The van der Waals surface area contributed by atoms with Gasteiger partial charge in [0.25, 0.3) is 0 Å². The molecule has 0 saturated carbocycles. The van der Waals surface area contributed by atoms with E-state index in [1.54, 1.807) is 12.3 Å². The molecule has 0 spiro atoms. The highest BCUT2D eigenvalue weighted by Crippen LogP contribution is 2.27. The summed E-state index contributed by atoms with van der Waals surface area (Å²) in [6.45, 7) is 5.02. The molecular formula is C13H20N4O3S. The highest BCUT2D eigenvalue weighted by atomic mass is 32.2. The van der Waals surface area contributed by atoms with Gasteiger partial charge in [-0.25, -0.2) is 8.42 Å². The molecule has 116 valence electrons. The topological polar surface area (TPSA) is 74.8 Å². The molecule has 2 fully saturated rings. The van der Waals surface area contributed by atoms with E-state index in [2.05, 4.69) is 15.2 Å². The van der Waals surface area contributed by atoms with Crippen LogP contribution in [-0.2, 0) is 14.8 Å². The summed E-state index contributed by atoms with van der Waals surface area (Å²) in [5.74, 6) is 0. The first kappa shape index (κ1) is 14.7. The number of nitrogens with zero attached hydrogens (tertiary/aromatic N) is 3. The van der Waals surface area contributed by atoms with E-state index < -0.39 is 10.0 Å². The third-order valence-corrected chi connectivity index (χ3v) is 5.72. The number of piperazine rings is 1. The van der Waals surface area contributed by atoms with Crippen molar-refractivity contribution in [3.05, 3.63) is 18.5 Å². The van der Waals surface area contributed by atoms with Gasteiger partial charge >= 0.3 is 0 Å². The fourth-order valence-corrected chi connectivity index (χ4v) is 4.23. The van der Waals surface area contributed by atoms with Gasteiger partial charge in [-0.2, -0.15) is 4.31 Å². The lowest BCUT2D eigenvalue weighted by atomic mass is 10.3. The zero-order chi connectivity index (χ0) is 14.7.